The van der Waals surface area contributed by atoms with Crippen molar-refractivity contribution in [2.24, 2.45) is 21.7 Å². The van der Waals surface area contributed by atoms with Gasteiger partial charge in [-0.05, 0) is 36.2 Å². The zero-order valence-corrected chi connectivity index (χ0v) is 12.7. The maximum Gasteiger partial charge on any atom is 0.193 e. The molecule has 0 radical (unpaired) electrons. The van der Waals surface area contributed by atoms with Crippen LogP contribution in [0.4, 0.5) is 0 Å². The van der Waals surface area contributed by atoms with Crippen LogP contribution in [0.15, 0.2) is 35.3 Å². The second kappa shape index (κ2) is 4.33. The predicted molar refractivity (Wildman–Crippen MR) is 82.1 cm³/mol. The second-order valence-electron chi connectivity index (χ2n) is 7.35. The molecule has 4 atom stereocenters. The van der Waals surface area contributed by atoms with Crippen molar-refractivity contribution in [3.05, 3.63) is 35.9 Å². The van der Waals surface area contributed by atoms with Gasteiger partial charge in [0, 0.05) is 0 Å². The number of rotatable bonds is 2. The Morgan fingerprint density at radius 2 is 2.00 bits per heavy atom. The smallest absolute Gasteiger partial charge is 0.193 e. The summed E-state index contributed by atoms with van der Waals surface area (Å²) in [6.07, 6.45) is 2.78. The minimum atomic E-state index is -0.306. The number of benzene rings is 1. The molecule has 2 fully saturated rings. The van der Waals surface area contributed by atoms with E-state index >= 15 is 0 Å². The number of hydrogen-bond donors (Lipinski definition) is 1. The highest BCUT2D eigenvalue weighted by Crippen LogP contribution is 2.66. The minimum Gasteiger partial charge on any atom is -0.478 e. The van der Waals surface area contributed by atoms with Crippen LogP contribution in [0.25, 0.3) is 0 Å². The van der Waals surface area contributed by atoms with Crippen LogP contribution in [0.5, 0.6) is 0 Å². The molecule has 0 spiro atoms. The van der Waals surface area contributed by atoms with Gasteiger partial charge in [-0.25, -0.2) is 4.99 Å². The molecular weight excluding hydrogens is 262 g/mol. The van der Waals surface area contributed by atoms with Gasteiger partial charge in [0.1, 0.15) is 12.6 Å². The first-order valence-corrected chi connectivity index (χ1v) is 8.00. The van der Waals surface area contributed by atoms with Gasteiger partial charge in [0.2, 0.25) is 0 Å². The topological polar surface area (TPSA) is 41.8 Å². The Hall–Kier alpha value is -1.35. The fraction of sp³-hybridized carbons (Fsp3) is 0.611. The molecule has 1 aliphatic heterocycles. The molecule has 4 rings (SSSR count). The summed E-state index contributed by atoms with van der Waals surface area (Å²) in [5, 5.41) is 10.7. The molecule has 1 heterocycles. The van der Waals surface area contributed by atoms with E-state index in [9.17, 15) is 5.11 Å². The second-order valence-corrected chi connectivity index (χ2v) is 7.35. The van der Waals surface area contributed by atoms with Gasteiger partial charge in [-0.1, -0.05) is 44.2 Å². The van der Waals surface area contributed by atoms with Crippen LogP contribution in [0.2, 0.25) is 0 Å². The van der Waals surface area contributed by atoms with Gasteiger partial charge in [0.05, 0.1) is 11.5 Å². The normalized spacial score (nSPS) is 40.1. The summed E-state index contributed by atoms with van der Waals surface area (Å²) in [6, 6.07) is 10.4. The lowest BCUT2D eigenvalue weighted by Crippen LogP contribution is -2.46. The van der Waals surface area contributed by atoms with Crippen molar-refractivity contribution in [2.45, 2.75) is 45.3 Å². The summed E-state index contributed by atoms with van der Waals surface area (Å²) in [5.74, 6) is 1.41. The third kappa shape index (κ3) is 1.61. The van der Waals surface area contributed by atoms with E-state index in [0.717, 1.165) is 18.7 Å². The van der Waals surface area contributed by atoms with E-state index in [1.807, 2.05) is 18.2 Å². The summed E-state index contributed by atoms with van der Waals surface area (Å²) in [6.45, 7) is 5.17. The predicted octanol–water partition coefficient (Wildman–Crippen LogP) is 3.34. The lowest BCUT2D eigenvalue weighted by Gasteiger charge is -2.39. The van der Waals surface area contributed by atoms with Crippen LogP contribution in [-0.2, 0) is 4.74 Å². The van der Waals surface area contributed by atoms with Crippen molar-refractivity contribution in [3.63, 3.8) is 0 Å². The number of nitrogens with zero attached hydrogens (tertiary/aromatic N) is 1. The average Bonchev–Trinajstić information content (AvgIpc) is 3.11. The van der Waals surface area contributed by atoms with Crippen LogP contribution in [0.1, 0.15) is 44.7 Å². The zero-order chi connectivity index (χ0) is 14.7. The van der Waals surface area contributed by atoms with E-state index in [2.05, 4.69) is 26.0 Å². The lowest BCUT2D eigenvalue weighted by molar-refractivity contribution is 0.0355. The van der Waals surface area contributed by atoms with Crippen LogP contribution in [0, 0.1) is 16.7 Å². The van der Waals surface area contributed by atoms with Crippen LogP contribution in [-0.4, -0.2) is 23.7 Å². The molecular formula is C18H23NO2. The molecule has 0 saturated heterocycles. The van der Waals surface area contributed by atoms with Crippen molar-refractivity contribution in [2.75, 3.05) is 6.61 Å². The quantitative estimate of drug-likeness (QED) is 0.905. The number of hydrogen-bond acceptors (Lipinski definition) is 3. The Balaban J connectivity index is 1.71. The molecule has 2 aliphatic carbocycles. The Labute approximate surface area is 126 Å². The average molecular weight is 285 g/mol. The van der Waals surface area contributed by atoms with Crippen LogP contribution in [0.3, 0.4) is 0 Å². The van der Waals surface area contributed by atoms with Crippen molar-refractivity contribution < 1.29 is 9.84 Å². The van der Waals surface area contributed by atoms with E-state index in [4.69, 9.17) is 9.73 Å². The third-order valence-corrected chi connectivity index (χ3v) is 6.35. The molecule has 3 unspecified atom stereocenters. The van der Waals surface area contributed by atoms with E-state index in [1.54, 1.807) is 0 Å². The van der Waals surface area contributed by atoms with E-state index in [0.29, 0.717) is 12.5 Å². The molecule has 2 saturated carbocycles. The van der Waals surface area contributed by atoms with Gasteiger partial charge in [-0.15, -0.1) is 0 Å². The van der Waals surface area contributed by atoms with Crippen molar-refractivity contribution >= 4 is 5.90 Å². The molecule has 112 valence electrons. The van der Waals surface area contributed by atoms with Gasteiger partial charge in [-0.3, -0.25) is 0 Å². The summed E-state index contributed by atoms with van der Waals surface area (Å²) in [7, 11) is 0. The molecule has 0 amide bonds. The molecule has 0 aromatic heterocycles. The van der Waals surface area contributed by atoms with E-state index in [-0.39, 0.29) is 23.0 Å². The molecule has 2 bridgehead atoms. The summed E-state index contributed by atoms with van der Waals surface area (Å²) in [4.78, 5) is 4.89. The first-order valence-electron chi connectivity index (χ1n) is 8.00. The third-order valence-electron chi connectivity index (χ3n) is 6.35. The maximum atomic E-state index is 10.7. The van der Waals surface area contributed by atoms with Crippen molar-refractivity contribution in [1.82, 2.24) is 0 Å². The number of aliphatic hydroxyl groups excluding tert-OH is 1. The lowest BCUT2D eigenvalue weighted by atomic mass is 9.68. The number of aliphatic imine (C=N–C) groups is 1. The van der Waals surface area contributed by atoms with Crippen LogP contribution < -0.4 is 0 Å². The Morgan fingerprint density at radius 3 is 2.62 bits per heavy atom. The van der Waals surface area contributed by atoms with Crippen molar-refractivity contribution in [3.8, 4) is 0 Å². The standard InChI is InChI=1S/C18H23NO2/c1-17(2)13-8-9-18(17,15(20)10-13)16-19-14(11-21-16)12-6-4-3-5-7-12/h3-7,13-15,20H,8-11H2,1-2H3/t13?,14-,15?,18?/m0/s1. The summed E-state index contributed by atoms with van der Waals surface area (Å²) in [5.41, 5.74) is 1.02. The largest absolute Gasteiger partial charge is 0.478 e. The highest BCUT2D eigenvalue weighted by Gasteiger charge is 2.67. The Kier molecular flexibility index (Phi) is 2.74. The fourth-order valence-electron chi connectivity index (χ4n) is 4.92. The Bertz CT molecular complexity index is 580. The molecule has 3 aliphatic rings. The summed E-state index contributed by atoms with van der Waals surface area (Å²) >= 11 is 0. The first kappa shape index (κ1) is 13.3. The minimum absolute atomic E-state index is 0.0802. The van der Waals surface area contributed by atoms with Gasteiger partial charge in [0.15, 0.2) is 5.90 Å². The van der Waals surface area contributed by atoms with Gasteiger partial charge < -0.3 is 9.84 Å². The Morgan fingerprint density at radius 1 is 1.24 bits per heavy atom. The van der Waals surface area contributed by atoms with Crippen molar-refractivity contribution in [1.29, 1.82) is 0 Å². The number of aliphatic hydroxyl groups is 1. The van der Waals surface area contributed by atoms with E-state index in [1.165, 1.54) is 12.0 Å². The molecule has 21 heavy (non-hydrogen) atoms. The number of fused-ring (bicyclic) bond motifs is 2. The molecule has 3 heteroatoms. The molecule has 3 nitrogen and oxygen atoms in total. The molecule has 1 aromatic rings. The van der Waals surface area contributed by atoms with Gasteiger partial charge in [0.25, 0.3) is 0 Å². The van der Waals surface area contributed by atoms with E-state index < -0.39 is 0 Å². The highest BCUT2D eigenvalue weighted by molar-refractivity contribution is 5.87. The molecule has 1 aromatic carbocycles. The van der Waals surface area contributed by atoms with Crippen LogP contribution >= 0.6 is 0 Å². The molecule has 1 N–H and O–H groups in total. The SMILES string of the molecule is CC1(C)C2CCC1(C1=N[C@H](c3ccccc3)CO1)C(O)C2. The number of ether oxygens (including phenoxy) is 1. The fourth-order valence-corrected chi connectivity index (χ4v) is 4.92. The van der Waals surface area contributed by atoms with Gasteiger partial charge in [-0.2, -0.15) is 0 Å². The zero-order valence-electron chi connectivity index (χ0n) is 12.7. The first-order chi connectivity index (χ1) is 10.1. The maximum absolute atomic E-state index is 10.7. The van der Waals surface area contributed by atoms with Gasteiger partial charge >= 0.3 is 0 Å². The highest BCUT2D eigenvalue weighted by atomic mass is 16.5. The monoisotopic (exact) mass is 285 g/mol. The summed E-state index contributed by atoms with van der Waals surface area (Å²) < 4.78 is 6.02.